The number of rotatable bonds is 4. The topological polar surface area (TPSA) is 38.8 Å². The molecular weight excluding hydrogens is 309 g/mol. The van der Waals surface area contributed by atoms with Crippen LogP contribution in [-0.4, -0.2) is 49.3 Å². The van der Waals surface area contributed by atoms with Crippen LogP contribution in [0.25, 0.3) is 0 Å². The van der Waals surface area contributed by atoms with Crippen molar-refractivity contribution in [3.8, 4) is 0 Å². The van der Waals surface area contributed by atoms with Crippen molar-refractivity contribution in [3.05, 3.63) is 35.1 Å². The van der Waals surface area contributed by atoms with Crippen molar-refractivity contribution in [2.24, 2.45) is 0 Å². The van der Waals surface area contributed by atoms with Crippen LogP contribution in [0, 0.1) is 12.7 Å². The number of hydrogen-bond acceptors (Lipinski definition) is 3. The zero-order valence-corrected chi connectivity index (χ0v) is 14.7. The molecule has 0 aromatic heterocycles. The van der Waals surface area contributed by atoms with Gasteiger partial charge >= 0.3 is 0 Å². The number of fused-ring (bicyclic) bond motifs is 1. The predicted molar refractivity (Wildman–Crippen MR) is 89.3 cm³/mol. The first-order valence-corrected chi connectivity index (χ1v) is 8.61. The maximum Gasteiger partial charge on any atom is 0.227 e. The Bertz CT molecular complexity index is 621. The van der Waals surface area contributed by atoms with Gasteiger partial charge in [-0.25, -0.2) is 4.39 Å². The first kappa shape index (κ1) is 17.4. The van der Waals surface area contributed by atoms with Gasteiger partial charge in [-0.3, -0.25) is 4.79 Å². The molecule has 1 aliphatic carbocycles. The van der Waals surface area contributed by atoms with Gasteiger partial charge in [-0.05, 0) is 49.8 Å². The van der Waals surface area contributed by atoms with E-state index in [1.54, 1.807) is 33.3 Å². The van der Waals surface area contributed by atoms with E-state index in [0.717, 1.165) is 31.2 Å². The number of ether oxygens (including phenoxy) is 2. The van der Waals surface area contributed by atoms with E-state index in [2.05, 4.69) is 0 Å². The highest BCUT2D eigenvalue weighted by Crippen LogP contribution is 2.43. The molecule has 0 bridgehead atoms. The fourth-order valence-corrected chi connectivity index (χ4v) is 4.27. The Kier molecular flexibility index (Phi) is 4.92. The van der Waals surface area contributed by atoms with Gasteiger partial charge in [-0.15, -0.1) is 0 Å². The van der Waals surface area contributed by atoms with Crippen molar-refractivity contribution in [3.63, 3.8) is 0 Å². The Morgan fingerprint density at radius 1 is 1.38 bits per heavy atom. The first-order valence-electron chi connectivity index (χ1n) is 8.61. The van der Waals surface area contributed by atoms with Gasteiger partial charge in [0.15, 0.2) is 0 Å². The number of benzene rings is 1. The Morgan fingerprint density at radius 2 is 2.17 bits per heavy atom. The largest absolute Gasteiger partial charge is 0.381 e. The average molecular weight is 335 g/mol. The SMILES string of the molecule is CO[C@H]1CC[C@@]2(OC)CCN(C(=O)Cc3ccc(F)c(C)c3)[C@H]2C1. The monoisotopic (exact) mass is 335 g/mol. The summed E-state index contributed by atoms with van der Waals surface area (Å²) < 4.78 is 24.8. The van der Waals surface area contributed by atoms with Gasteiger partial charge < -0.3 is 14.4 Å². The van der Waals surface area contributed by atoms with Crippen LogP contribution in [0.2, 0.25) is 0 Å². The Hall–Kier alpha value is -1.46. The van der Waals surface area contributed by atoms with Gasteiger partial charge in [0.1, 0.15) is 5.82 Å². The number of aryl methyl sites for hydroxylation is 1. The van der Waals surface area contributed by atoms with Crippen LogP contribution < -0.4 is 0 Å². The summed E-state index contributed by atoms with van der Waals surface area (Å²) in [6.45, 7) is 2.44. The number of nitrogens with zero attached hydrogens (tertiary/aromatic N) is 1. The standard InChI is InChI=1S/C19H26FNO3/c1-13-10-14(4-5-16(13)20)11-18(22)21-9-8-19(24-3)7-6-15(23-2)12-17(19)21/h4-5,10,15,17H,6-9,11-12H2,1-3H3/t15-,17-,19+/m0/s1. The maximum atomic E-state index is 13.4. The smallest absolute Gasteiger partial charge is 0.227 e. The maximum absolute atomic E-state index is 13.4. The van der Waals surface area contributed by atoms with E-state index in [4.69, 9.17) is 9.47 Å². The highest BCUT2D eigenvalue weighted by atomic mass is 19.1. The third kappa shape index (κ3) is 3.07. The number of halogens is 1. The summed E-state index contributed by atoms with van der Waals surface area (Å²) in [6.07, 6.45) is 4.07. The molecule has 2 fully saturated rings. The molecule has 1 heterocycles. The molecule has 132 valence electrons. The fourth-order valence-electron chi connectivity index (χ4n) is 4.27. The molecule has 0 spiro atoms. The van der Waals surface area contributed by atoms with Gasteiger partial charge in [0, 0.05) is 20.8 Å². The summed E-state index contributed by atoms with van der Waals surface area (Å²) in [6, 6.07) is 4.95. The van der Waals surface area contributed by atoms with E-state index in [1.165, 1.54) is 6.07 Å². The second-order valence-corrected chi connectivity index (χ2v) is 7.01. The van der Waals surface area contributed by atoms with Gasteiger partial charge in [0.2, 0.25) is 5.91 Å². The van der Waals surface area contributed by atoms with Gasteiger partial charge in [0.25, 0.3) is 0 Å². The molecule has 0 N–H and O–H groups in total. The Morgan fingerprint density at radius 3 is 2.83 bits per heavy atom. The summed E-state index contributed by atoms with van der Waals surface area (Å²) in [4.78, 5) is 14.8. The lowest BCUT2D eigenvalue weighted by molar-refractivity contribution is -0.140. The van der Waals surface area contributed by atoms with Crippen LogP contribution in [0.15, 0.2) is 18.2 Å². The highest BCUT2D eigenvalue weighted by Gasteiger charge is 2.52. The number of methoxy groups -OCH3 is 2. The normalized spacial score (nSPS) is 29.6. The molecule has 1 saturated heterocycles. The minimum absolute atomic E-state index is 0.0650. The van der Waals surface area contributed by atoms with Crippen LogP contribution in [0.1, 0.15) is 36.8 Å². The summed E-state index contributed by atoms with van der Waals surface area (Å²) in [7, 11) is 3.48. The van der Waals surface area contributed by atoms with E-state index in [-0.39, 0.29) is 29.5 Å². The number of carbonyl (C=O) groups excluding carboxylic acids is 1. The lowest BCUT2D eigenvalue weighted by atomic mass is 9.79. The van der Waals surface area contributed by atoms with Crippen LogP contribution in [0.4, 0.5) is 4.39 Å². The number of likely N-dealkylation sites (tertiary alicyclic amines) is 1. The zero-order valence-electron chi connectivity index (χ0n) is 14.7. The molecular formula is C19H26FNO3. The number of amides is 1. The summed E-state index contributed by atoms with van der Waals surface area (Å²) in [5.41, 5.74) is 1.20. The van der Waals surface area contributed by atoms with E-state index in [0.29, 0.717) is 18.5 Å². The predicted octanol–water partition coefficient (Wildman–Crippen LogP) is 2.86. The molecule has 1 saturated carbocycles. The van der Waals surface area contributed by atoms with Gasteiger partial charge in [-0.1, -0.05) is 12.1 Å². The van der Waals surface area contributed by atoms with Crippen molar-refractivity contribution in [1.82, 2.24) is 4.90 Å². The number of carbonyl (C=O) groups is 1. The Balaban J connectivity index is 1.75. The molecule has 0 radical (unpaired) electrons. The van der Waals surface area contributed by atoms with Crippen LogP contribution in [0.3, 0.4) is 0 Å². The van der Waals surface area contributed by atoms with Gasteiger partial charge in [-0.2, -0.15) is 0 Å². The van der Waals surface area contributed by atoms with Crippen molar-refractivity contribution < 1.29 is 18.7 Å². The third-order valence-electron chi connectivity index (χ3n) is 5.77. The van der Waals surface area contributed by atoms with Crippen molar-refractivity contribution >= 4 is 5.91 Å². The summed E-state index contributed by atoms with van der Waals surface area (Å²) >= 11 is 0. The minimum Gasteiger partial charge on any atom is -0.381 e. The molecule has 24 heavy (non-hydrogen) atoms. The zero-order chi connectivity index (χ0) is 17.3. The highest BCUT2D eigenvalue weighted by molar-refractivity contribution is 5.79. The quantitative estimate of drug-likeness (QED) is 0.849. The summed E-state index contributed by atoms with van der Waals surface area (Å²) in [5, 5.41) is 0. The molecule has 2 aliphatic rings. The lowest BCUT2D eigenvalue weighted by Gasteiger charge is -2.43. The van der Waals surface area contributed by atoms with Crippen molar-refractivity contribution in [1.29, 1.82) is 0 Å². The van der Waals surface area contributed by atoms with Crippen LogP contribution in [-0.2, 0) is 20.7 Å². The second-order valence-electron chi connectivity index (χ2n) is 7.01. The first-order chi connectivity index (χ1) is 11.5. The van der Waals surface area contributed by atoms with Crippen molar-refractivity contribution in [2.45, 2.75) is 56.8 Å². The fraction of sp³-hybridized carbons (Fsp3) is 0.632. The second kappa shape index (κ2) is 6.81. The molecule has 1 aromatic carbocycles. The molecule has 3 atom stereocenters. The van der Waals surface area contributed by atoms with E-state index < -0.39 is 0 Å². The number of hydrogen-bond donors (Lipinski definition) is 0. The molecule has 1 amide bonds. The van der Waals surface area contributed by atoms with Crippen LogP contribution >= 0.6 is 0 Å². The molecule has 1 aromatic rings. The minimum atomic E-state index is -0.235. The van der Waals surface area contributed by atoms with Crippen LogP contribution in [0.5, 0.6) is 0 Å². The average Bonchev–Trinajstić information content (AvgIpc) is 2.97. The molecule has 0 unspecified atom stereocenters. The molecule has 3 rings (SSSR count). The van der Waals surface area contributed by atoms with E-state index >= 15 is 0 Å². The van der Waals surface area contributed by atoms with Crippen molar-refractivity contribution in [2.75, 3.05) is 20.8 Å². The molecule has 5 heteroatoms. The Labute approximate surface area is 142 Å². The molecule has 1 aliphatic heterocycles. The lowest BCUT2D eigenvalue weighted by Crippen LogP contribution is -2.53. The summed E-state index contributed by atoms with van der Waals surface area (Å²) in [5.74, 6) is -0.150. The van der Waals surface area contributed by atoms with E-state index in [1.807, 2.05) is 4.90 Å². The third-order valence-corrected chi connectivity index (χ3v) is 5.77. The molecule has 4 nitrogen and oxygen atoms in total. The van der Waals surface area contributed by atoms with E-state index in [9.17, 15) is 9.18 Å². The van der Waals surface area contributed by atoms with Gasteiger partial charge in [0.05, 0.1) is 24.2 Å².